The third-order valence-electron chi connectivity index (χ3n) is 4.69. The van der Waals surface area contributed by atoms with Crippen LogP contribution in [0.25, 0.3) is 22.4 Å². The van der Waals surface area contributed by atoms with Gasteiger partial charge in [0.05, 0.1) is 28.8 Å². The number of H-pyrrole nitrogens is 1. The van der Waals surface area contributed by atoms with Crippen molar-refractivity contribution < 1.29 is 9.47 Å². The van der Waals surface area contributed by atoms with Gasteiger partial charge in [-0.15, -0.1) is 0 Å². The van der Waals surface area contributed by atoms with Gasteiger partial charge in [-0.3, -0.25) is 4.90 Å². The van der Waals surface area contributed by atoms with Crippen LogP contribution in [0.4, 0.5) is 0 Å². The summed E-state index contributed by atoms with van der Waals surface area (Å²) in [5.74, 6) is 1.70. The van der Waals surface area contributed by atoms with E-state index < -0.39 is 0 Å². The number of aromatic nitrogens is 2. The lowest BCUT2D eigenvalue weighted by atomic mass is 10.2. The van der Waals surface area contributed by atoms with E-state index in [9.17, 15) is 0 Å². The van der Waals surface area contributed by atoms with Crippen LogP contribution in [0, 0.1) is 0 Å². The molecule has 1 fully saturated rings. The molecule has 3 aromatic rings. The van der Waals surface area contributed by atoms with Crippen LogP contribution in [0.2, 0.25) is 0 Å². The number of hydrogen-bond donors (Lipinski definition) is 1. The maximum absolute atomic E-state index is 6.12. The Morgan fingerprint density at radius 3 is 2.62 bits per heavy atom. The Morgan fingerprint density at radius 2 is 1.81 bits per heavy atom. The van der Waals surface area contributed by atoms with Crippen molar-refractivity contribution in [2.24, 2.45) is 0 Å². The molecular formula is C21H25N3O2. The summed E-state index contributed by atoms with van der Waals surface area (Å²) in [6.45, 7) is 7.71. The lowest BCUT2D eigenvalue weighted by Gasteiger charge is -2.35. The quantitative estimate of drug-likeness (QED) is 0.761. The molecule has 1 aliphatic rings. The highest BCUT2D eigenvalue weighted by Crippen LogP contribution is 2.29. The van der Waals surface area contributed by atoms with E-state index in [-0.39, 0.29) is 12.2 Å². The van der Waals surface area contributed by atoms with Gasteiger partial charge in [0, 0.05) is 19.6 Å². The van der Waals surface area contributed by atoms with Gasteiger partial charge in [0.25, 0.3) is 0 Å². The van der Waals surface area contributed by atoms with Gasteiger partial charge in [-0.2, -0.15) is 0 Å². The van der Waals surface area contributed by atoms with Crippen LogP contribution in [-0.4, -0.2) is 53.3 Å². The molecule has 2 heterocycles. The van der Waals surface area contributed by atoms with Crippen LogP contribution in [0.5, 0.6) is 5.75 Å². The zero-order valence-electron chi connectivity index (χ0n) is 15.3. The second-order valence-corrected chi connectivity index (χ2v) is 6.96. The molecule has 1 saturated heterocycles. The van der Waals surface area contributed by atoms with Gasteiger partial charge in [0.15, 0.2) is 0 Å². The van der Waals surface area contributed by atoms with Crippen LogP contribution in [0.3, 0.4) is 0 Å². The smallest absolute Gasteiger partial charge is 0.142 e. The van der Waals surface area contributed by atoms with E-state index in [4.69, 9.17) is 14.5 Å². The van der Waals surface area contributed by atoms with Crippen molar-refractivity contribution in [2.45, 2.75) is 26.1 Å². The molecule has 2 unspecified atom stereocenters. The highest BCUT2D eigenvalue weighted by molar-refractivity contribution is 5.80. The van der Waals surface area contributed by atoms with Crippen molar-refractivity contribution in [1.29, 1.82) is 0 Å². The number of nitrogens with one attached hydrogen (secondary N) is 1. The Bertz CT molecular complexity index is 833. The van der Waals surface area contributed by atoms with E-state index in [1.54, 1.807) is 0 Å². The highest BCUT2D eigenvalue weighted by atomic mass is 16.5. The van der Waals surface area contributed by atoms with Crippen LogP contribution in [0.15, 0.2) is 48.5 Å². The predicted molar refractivity (Wildman–Crippen MR) is 103 cm³/mol. The SMILES string of the molecule is CC1CN(CCOc2ccccc2-c2nc3ccccc3[nH]2)CC(C)O1. The van der Waals surface area contributed by atoms with Crippen LogP contribution in [-0.2, 0) is 4.74 Å². The average Bonchev–Trinajstić information content (AvgIpc) is 3.05. The first kappa shape index (κ1) is 17.1. The molecule has 26 heavy (non-hydrogen) atoms. The molecule has 0 bridgehead atoms. The Balaban J connectivity index is 1.46. The van der Waals surface area contributed by atoms with Gasteiger partial charge in [0.1, 0.15) is 18.2 Å². The number of nitrogens with zero attached hydrogens (tertiary/aromatic N) is 2. The summed E-state index contributed by atoms with van der Waals surface area (Å²) in [7, 11) is 0. The average molecular weight is 351 g/mol. The molecule has 4 rings (SSSR count). The molecule has 5 nitrogen and oxygen atoms in total. The number of imidazole rings is 1. The van der Waals surface area contributed by atoms with Crippen LogP contribution >= 0.6 is 0 Å². The largest absolute Gasteiger partial charge is 0.491 e. The Labute approximate surface area is 153 Å². The minimum Gasteiger partial charge on any atom is -0.491 e. The maximum atomic E-state index is 6.12. The molecule has 0 saturated carbocycles. The fraction of sp³-hybridized carbons (Fsp3) is 0.381. The Morgan fingerprint density at radius 1 is 1.08 bits per heavy atom. The minimum absolute atomic E-state index is 0.279. The predicted octanol–water partition coefficient (Wildman–Crippen LogP) is 3.72. The van der Waals surface area contributed by atoms with E-state index in [0.29, 0.717) is 6.61 Å². The number of fused-ring (bicyclic) bond motifs is 1. The van der Waals surface area contributed by atoms with Crippen molar-refractivity contribution in [3.05, 3.63) is 48.5 Å². The highest BCUT2D eigenvalue weighted by Gasteiger charge is 2.21. The van der Waals surface area contributed by atoms with Gasteiger partial charge in [-0.25, -0.2) is 4.98 Å². The van der Waals surface area contributed by atoms with Crippen LogP contribution in [0.1, 0.15) is 13.8 Å². The second-order valence-electron chi connectivity index (χ2n) is 6.96. The fourth-order valence-corrected chi connectivity index (χ4v) is 3.62. The molecule has 5 heteroatoms. The Hall–Kier alpha value is -2.37. The first-order valence-electron chi connectivity index (χ1n) is 9.24. The summed E-state index contributed by atoms with van der Waals surface area (Å²) in [6, 6.07) is 16.1. The van der Waals surface area contributed by atoms with E-state index in [0.717, 1.165) is 47.8 Å². The molecule has 0 amide bonds. The van der Waals surface area contributed by atoms with Gasteiger partial charge in [-0.05, 0) is 38.1 Å². The van der Waals surface area contributed by atoms with Crippen molar-refractivity contribution in [2.75, 3.05) is 26.2 Å². The molecule has 2 aromatic carbocycles. The summed E-state index contributed by atoms with van der Waals surface area (Å²) in [4.78, 5) is 10.5. The molecule has 0 aliphatic carbocycles. The molecule has 136 valence electrons. The maximum Gasteiger partial charge on any atom is 0.142 e. The van der Waals surface area contributed by atoms with E-state index in [2.05, 4.69) is 23.7 Å². The van der Waals surface area contributed by atoms with Gasteiger partial charge in [0.2, 0.25) is 0 Å². The molecule has 2 atom stereocenters. The topological polar surface area (TPSA) is 50.4 Å². The minimum atomic E-state index is 0.279. The molecule has 1 aromatic heterocycles. The van der Waals surface area contributed by atoms with Gasteiger partial charge < -0.3 is 14.5 Å². The van der Waals surface area contributed by atoms with E-state index in [1.165, 1.54) is 0 Å². The monoisotopic (exact) mass is 351 g/mol. The Kier molecular flexibility index (Phi) is 4.91. The first-order chi connectivity index (χ1) is 12.7. The number of para-hydroxylation sites is 3. The van der Waals surface area contributed by atoms with Gasteiger partial charge >= 0.3 is 0 Å². The van der Waals surface area contributed by atoms with Gasteiger partial charge in [-0.1, -0.05) is 24.3 Å². The standard InChI is InChI=1S/C21H25N3O2/c1-15-13-24(14-16(2)26-15)11-12-25-20-10-6-3-7-17(20)21-22-18-8-4-5-9-19(18)23-21/h3-10,15-16H,11-14H2,1-2H3,(H,22,23). The van der Waals surface area contributed by atoms with Crippen molar-refractivity contribution in [1.82, 2.24) is 14.9 Å². The van der Waals surface area contributed by atoms with E-state index >= 15 is 0 Å². The zero-order valence-corrected chi connectivity index (χ0v) is 15.3. The summed E-state index contributed by atoms with van der Waals surface area (Å²) >= 11 is 0. The molecule has 1 N–H and O–H groups in total. The lowest BCUT2D eigenvalue weighted by Crippen LogP contribution is -2.46. The van der Waals surface area contributed by atoms with Crippen molar-refractivity contribution in [3.8, 4) is 17.1 Å². The summed E-state index contributed by atoms with van der Waals surface area (Å²) in [5, 5.41) is 0. The fourth-order valence-electron chi connectivity index (χ4n) is 3.62. The summed E-state index contributed by atoms with van der Waals surface area (Å²) in [5.41, 5.74) is 3.00. The number of aromatic amines is 1. The summed E-state index contributed by atoms with van der Waals surface area (Å²) < 4.78 is 11.9. The zero-order chi connectivity index (χ0) is 17.9. The van der Waals surface area contributed by atoms with E-state index in [1.807, 2.05) is 48.5 Å². The molecule has 0 radical (unpaired) electrons. The number of rotatable bonds is 5. The second kappa shape index (κ2) is 7.48. The third kappa shape index (κ3) is 3.74. The number of hydrogen-bond acceptors (Lipinski definition) is 4. The lowest BCUT2D eigenvalue weighted by molar-refractivity contribution is -0.0699. The summed E-state index contributed by atoms with van der Waals surface area (Å²) in [6.07, 6.45) is 0.558. The molecule has 1 aliphatic heterocycles. The van der Waals surface area contributed by atoms with Crippen molar-refractivity contribution in [3.63, 3.8) is 0 Å². The third-order valence-corrected chi connectivity index (χ3v) is 4.69. The number of benzene rings is 2. The number of ether oxygens (including phenoxy) is 2. The van der Waals surface area contributed by atoms with Crippen LogP contribution < -0.4 is 4.74 Å². The molecule has 0 spiro atoms. The molecular weight excluding hydrogens is 326 g/mol. The van der Waals surface area contributed by atoms with Crippen molar-refractivity contribution >= 4 is 11.0 Å². The number of morpholine rings is 1. The normalized spacial score (nSPS) is 21.2. The first-order valence-corrected chi connectivity index (χ1v) is 9.24.